The quantitative estimate of drug-likeness (QED) is 0.594. The lowest BCUT2D eigenvalue weighted by atomic mass is 10.0. The van der Waals surface area contributed by atoms with Crippen molar-refractivity contribution in [1.82, 2.24) is 0 Å². The molecule has 0 bridgehead atoms. The molecule has 0 radical (unpaired) electrons. The van der Waals surface area contributed by atoms with Crippen LogP contribution in [0.25, 0.3) is 0 Å². The Hall–Kier alpha value is -0.980. The molecule has 0 saturated carbocycles. The van der Waals surface area contributed by atoms with Gasteiger partial charge < -0.3 is 5.73 Å². The van der Waals surface area contributed by atoms with Gasteiger partial charge in [-0.25, -0.2) is 0 Å². The summed E-state index contributed by atoms with van der Waals surface area (Å²) in [7, 11) is 0. The Morgan fingerprint density at radius 2 is 1.62 bits per heavy atom. The summed E-state index contributed by atoms with van der Waals surface area (Å²) in [5.74, 6) is 0. The maximum absolute atomic E-state index is 5.47. The van der Waals surface area contributed by atoms with Gasteiger partial charge in [-0.3, -0.25) is 0 Å². The molecule has 2 N–H and O–H groups in total. The van der Waals surface area contributed by atoms with E-state index in [-0.39, 0.29) is 0 Å². The van der Waals surface area contributed by atoms with Gasteiger partial charge in [0, 0.05) is 5.70 Å². The van der Waals surface area contributed by atoms with Crippen LogP contribution in [0, 0.1) is 0 Å². The van der Waals surface area contributed by atoms with Crippen LogP contribution in [0.3, 0.4) is 0 Å². The van der Waals surface area contributed by atoms with Gasteiger partial charge in [0.05, 0.1) is 0 Å². The number of allylic oxidation sites excluding steroid dienone is 3. The van der Waals surface area contributed by atoms with Crippen molar-refractivity contribution in [1.29, 1.82) is 0 Å². The molecule has 1 nitrogen and oxygen atoms in total. The van der Waals surface area contributed by atoms with E-state index in [1.807, 2.05) is 0 Å². The molecule has 0 aliphatic carbocycles. The Labute approximate surface area is 82.0 Å². The first-order valence-corrected chi connectivity index (χ1v) is 4.76. The van der Waals surface area contributed by atoms with Gasteiger partial charge in [-0.1, -0.05) is 24.3 Å². The fourth-order valence-corrected chi connectivity index (χ4v) is 1.10. The van der Waals surface area contributed by atoms with Crippen LogP contribution in [0.2, 0.25) is 0 Å². The Balaban J connectivity index is 3.41. The smallest absolute Gasteiger partial charge is 0.00106 e. The molecule has 0 aromatic heterocycles. The van der Waals surface area contributed by atoms with Gasteiger partial charge >= 0.3 is 0 Å². The first-order chi connectivity index (χ1) is 6.02. The molecule has 0 aliphatic rings. The maximum atomic E-state index is 5.47. The normalized spacial score (nSPS) is 9.62. The van der Waals surface area contributed by atoms with E-state index in [0.29, 0.717) is 0 Å². The first kappa shape index (κ1) is 12.0. The van der Waals surface area contributed by atoms with Gasteiger partial charge in [0.15, 0.2) is 0 Å². The van der Waals surface area contributed by atoms with Gasteiger partial charge in [-0.05, 0) is 39.0 Å². The van der Waals surface area contributed by atoms with E-state index in [1.165, 1.54) is 11.1 Å². The monoisotopic (exact) mass is 179 g/mol. The average Bonchev–Trinajstić information content (AvgIpc) is 2.00. The van der Waals surface area contributed by atoms with E-state index >= 15 is 0 Å². The summed E-state index contributed by atoms with van der Waals surface area (Å²) < 4.78 is 0. The third-order valence-corrected chi connectivity index (χ3v) is 1.93. The third-order valence-electron chi connectivity index (χ3n) is 1.93. The van der Waals surface area contributed by atoms with Gasteiger partial charge in [0.25, 0.3) is 0 Å². The zero-order chi connectivity index (χ0) is 10.3. The fourth-order valence-electron chi connectivity index (χ4n) is 1.10. The van der Waals surface area contributed by atoms with Crippen LogP contribution in [-0.2, 0) is 0 Å². The lowest BCUT2D eigenvalue weighted by molar-refractivity contribution is 0.762. The van der Waals surface area contributed by atoms with Crippen LogP contribution < -0.4 is 5.73 Å². The summed E-state index contributed by atoms with van der Waals surface area (Å²) in [5, 5.41) is 0. The van der Waals surface area contributed by atoms with Crippen LogP contribution in [-0.4, -0.2) is 0 Å². The minimum Gasteiger partial charge on any atom is -0.403 e. The SMILES string of the molecule is C=C(C)CCCC(=C)CCC(=C)N. The molecule has 0 aliphatic heterocycles. The topological polar surface area (TPSA) is 26.0 Å². The van der Waals surface area contributed by atoms with Crippen molar-refractivity contribution in [3.63, 3.8) is 0 Å². The molecule has 0 amide bonds. The van der Waals surface area contributed by atoms with Crippen molar-refractivity contribution < 1.29 is 0 Å². The molecule has 0 aromatic carbocycles. The first-order valence-electron chi connectivity index (χ1n) is 4.76. The van der Waals surface area contributed by atoms with E-state index < -0.39 is 0 Å². The molecule has 13 heavy (non-hydrogen) atoms. The van der Waals surface area contributed by atoms with Crippen molar-refractivity contribution >= 4 is 0 Å². The summed E-state index contributed by atoms with van der Waals surface area (Å²) >= 11 is 0. The maximum Gasteiger partial charge on any atom is 0.00106 e. The highest BCUT2D eigenvalue weighted by Gasteiger charge is 1.96. The van der Waals surface area contributed by atoms with Gasteiger partial charge in [0.1, 0.15) is 0 Å². The lowest BCUT2D eigenvalue weighted by Gasteiger charge is -2.05. The molecule has 0 saturated heterocycles. The Morgan fingerprint density at radius 3 is 2.08 bits per heavy atom. The zero-order valence-electron chi connectivity index (χ0n) is 8.73. The summed E-state index contributed by atoms with van der Waals surface area (Å²) in [6.45, 7) is 13.6. The molecule has 0 rings (SSSR count). The molecule has 1 heteroatoms. The summed E-state index contributed by atoms with van der Waals surface area (Å²) in [6, 6.07) is 0. The molecule has 0 aromatic rings. The molecule has 0 unspecified atom stereocenters. The molecule has 0 spiro atoms. The summed E-state index contributed by atoms with van der Waals surface area (Å²) in [5.41, 5.74) is 8.74. The van der Waals surface area contributed by atoms with E-state index in [9.17, 15) is 0 Å². The highest BCUT2D eigenvalue weighted by atomic mass is 14.5. The highest BCUT2D eigenvalue weighted by molar-refractivity contribution is 5.00. The third kappa shape index (κ3) is 8.93. The van der Waals surface area contributed by atoms with Crippen LogP contribution in [0.1, 0.15) is 39.0 Å². The highest BCUT2D eigenvalue weighted by Crippen LogP contribution is 2.14. The van der Waals surface area contributed by atoms with Crippen LogP contribution >= 0.6 is 0 Å². The Morgan fingerprint density at radius 1 is 1.00 bits per heavy atom. The zero-order valence-corrected chi connectivity index (χ0v) is 8.73. The fraction of sp³-hybridized carbons (Fsp3) is 0.500. The Kier molecular flexibility index (Phi) is 6.03. The second-order valence-corrected chi connectivity index (χ2v) is 3.72. The molecular weight excluding hydrogens is 158 g/mol. The van der Waals surface area contributed by atoms with Crippen molar-refractivity contribution in [2.24, 2.45) is 5.73 Å². The lowest BCUT2D eigenvalue weighted by Crippen LogP contribution is -1.95. The second-order valence-electron chi connectivity index (χ2n) is 3.72. The van der Waals surface area contributed by atoms with E-state index in [4.69, 9.17) is 5.73 Å². The molecular formula is C12H21N. The van der Waals surface area contributed by atoms with Gasteiger partial charge in [-0.15, -0.1) is 6.58 Å². The molecule has 0 atom stereocenters. The number of hydrogen-bond donors (Lipinski definition) is 1. The molecule has 0 heterocycles. The largest absolute Gasteiger partial charge is 0.403 e. The number of rotatable bonds is 7. The standard InChI is InChI=1S/C12H21N/c1-10(2)6-5-7-11(3)8-9-12(4)13/h1,3-9,13H2,2H3. The number of hydrogen-bond acceptors (Lipinski definition) is 1. The van der Waals surface area contributed by atoms with E-state index in [1.54, 1.807) is 0 Å². The van der Waals surface area contributed by atoms with Crippen LogP contribution in [0.4, 0.5) is 0 Å². The van der Waals surface area contributed by atoms with Crippen LogP contribution in [0.5, 0.6) is 0 Å². The van der Waals surface area contributed by atoms with Gasteiger partial charge in [0.2, 0.25) is 0 Å². The van der Waals surface area contributed by atoms with E-state index in [0.717, 1.165) is 37.8 Å². The van der Waals surface area contributed by atoms with Crippen molar-refractivity contribution in [3.05, 3.63) is 36.6 Å². The predicted molar refractivity (Wildman–Crippen MR) is 60.4 cm³/mol. The van der Waals surface area contributed by atoms with Gasteiger partial charge in [-0.2, -0.15) is 0 Å². The summed E-state index contributed by atoms with van der Waals surface area (Å²) in [6.07, 6.45) is 5.19. The minimum atomic E-state index is 0.751. The van der Waals surface area contributed by atoms with Crippen LogP contribution in [0.15, 0.2) is 36.6 Å². The van der Waals surface area contributed by atoms with Crippen molar-refractivity contribution in [2.75, 3.05) is 0 Å². The minimum absolute atomic E-state index is 0.751. The van der Waals surface area contributed by atoms with E-state index in [2.05, 4.69) is 26.7 Å². The second kappa shape index (κ2) is 6.53. The molecule has 0 fully saturated rings. The number of nitrogens with two attached hydrogens (primary N) is 1. The predicted octanol–water partition coefficient (Wildman–Crippen LogP) is 3.54. The Bertz CT molecular complexity index is 201. The van der Waals surface area contributed by atoms with Crippen molar-refractivity contribution in [3.8, 4) is 0 Å². The molecule has 74 valence electrons. The average molecular weight is 179 g/mol. The van der Waals surface area contributed by atoms with Crippen molar-refractivity contribution in [2.45, 2.75) is 39.0 Å². The summed E-state index contributed by atoms with van der Waals surface area (Å²) in [4.78, 5) is 0.